The highest BCUT2D eigenvalue weighted by atomic mass is 19.1. The van der Waals surface area contributed by atoms with Crippen LogP contribution in [0.25, 0.3) is 11.3 Å². The average molecular weight is 293 g/mol. The summed E-state index contributed by atoms with van der Waals surface area (Å²) in [4.78, 5) is 4.26. The van der Waals surface area contributed by atoms with Crippen molar-refractivity contribution >= 4 is 0 Å². The minimum atomic E-state index is -0.220. The van der Waals surface area contributed by atoms with E-state index in [4.69, 9.17) is 0 Å². The largest absolute Gasteiger partial charge is 0.253 e. The van der Waals surface area contributed by atoms with Gasteiger partial charge >= 0.3 is 0 Å². The lowest BCUT2D eigenvalue weighted by atomic mass is 9.67. The van der Waals surface area contributed by atoms with Gasteiger partial charge in [0.05, 0.1) is 0 Å². The molecule has 112 valence electrons. The Labute approximate surface area is 130 Å². The van der Waals surface area contributed by atoms with Crippen molar-refractivity contribution in [3.63, 3.8) is 0 Å². The molecule has 2 saturated carbocycles. The third-order valence-corrected chi connectivity index (χ3v) is 6.14. The monoisotopic (exact) mass is 293 g/mol. The molecule has 0 aliphatic heterocycles. The SMILES string of the molecule is Fc1cccnc1-c1ccc2c(c1)C1CC3CC(CC2C3)C1. The highest BCUT2D eigenvalue weighted by Gasteiger charge is 2.41. The first kappa shape index (κ1) is 12.8. The van der Waals surface area contributed by atoms with Gasteiger partial charge in [0, 0.05) is 11.8 Å². The molecule has 4 aliphatic carbocycles. The van der Waals surface area contributed by atoms with Gasteiger partial charge in [0.1, 0.15) is 11.5 Å². The molecule has 0 amide bonds. The predicted molar refractivity (Wildman–Crippen MR) is 85.2 cm³/mol. The van der Waals surface area contributed by atoms with Gasteiger partial charge in [-0.1, -0.05) is 12.1 Å². The topological polar surface area (TPSA) is 12.9 Å². The second kappa shape index (κ2) is 4.65. The fraction of sp³-hybridized carbons (Fsp3) is 0.450. The van der Waals surface area contributed by atoms with E-state index in [1.807, 2.05) is 0 Å². The standard InChI is InChI=1S/C20H20FN/c21-19-2-1-5-22-20(19)14-3-4-17-15-7-12-6-13(8-15)10-16(9-12)18(17)11-14/h1-5,11-13,15-16H,6-10H2. The first-order chi connectivity index (χ1) is 10.8. The van der Waals surface area contributed by atoms with E-state index in [1.165, 1.54) is 43.7 Å². The number of halogens is 1. The molecule has 2 fully saturated rings. The van der Waals surface area contributed by atoms with Gasteiger partial charge in [-0.05, 0) is 85.1 Å². The van der Waals surface area contributed by atoms with E-state index in [0.29, 0.717) is 11.6 Å². The average Bonchev–Trinajstić information content (AvgIpc) is 2.69. The van der Waals surface area contributed by atoms with Crippen molar-refractivity contribution in [2.24, 2.45) is 11.8 Å². The molecule has 2 aromatic rings. The smallest absolute Gasteiger partial charge is 0.149 e. The maximum Gasteiger partial charge on any atom is 0.149 e. The molecule has 1 heterocycles. The molecule has 0 saturated heterocycles. The van der Waals surface area contributed by atoms with Crippen LogP contribution >= 0.6 is 0 Å². The Kier molecular flexibility index (Phi) is 2.70. The van der Waals surface area contributed by atoms with Gasteiger partial charge in [0.2, 0.25) is 0 Å². The van der Waals surface area contributed by atoms with Crippen LogP contribution in [0.1, 0.15) is 55.1 Å². The molecule has 0 spiro atoms. The molecule has 0 radical (unpaired) electrons. The zero-order valence-electron chi connectivity index (χ0n) is 12.6. The Balaban J connectivity index is 1.65. The van der Waals surface area contributed by atoms with Crippen molar-refractivity contribution in [2.45, 2.75) is 43.9 Å². The van der Waals surface area contributed by atoms with Gasteiger partial charge in [0.25, 0.3) is 0 Å². The van der Waals surface area contributed by atoms with Crippen molar-refractivity contribution in [2.75, 3.05) is 0 Å². The normalized spacial score (nSPS) is 31.9. The molecular formula is C20H20FN. The maximum atomic E-state index is 14.1. The first-order valence-electron chi connectivity index (χ1n) is 8.52. The van der Waals surface area contributed by atoms with Gasteiger partial charge < -0.3 is 0 Å². The minimum Gasteiger partial charge on any atom is -0.253 e. The van der Waals surface area contributed by atoms with E-state index in [9.17, 15) is 4.39 Å². The Morgan fingerprint density at radius 1 is 0.864 bits per heavy atom. The summed E-state index contributed by atoms with van der Waals surface area (Å²) in [5.41, 5.74) is 4.49. The van der Waals surface area contributed by atoms with Crippen LogP contribution in [0.15, 0.2) is 36.5 Å². The number of aromatic nitrogens is 1. The lowest BCUT2D eigenvalue weighted by Crippen LogP contribution is -2.25. The summed E-state index contributed by atoms with van der Waals surface area (Å²) < 4.78 is 14.1. The lowest BCUT2D eigenvalue weighted by molar-refractivity contribution is 0.166. The maximum absolute atomic E-state index is 14.1. The molecule has 1 aromatic carbocycles. The molecule has 1 aromatic heterocycles. The molecular weight excluding hydrogens is 273 g/mol. The number of benzene rings is 1. The van der Waals surface area contributed by atoms with Crippen LogP contribution in [0.4, 0.5) is 4.39 Å². The fourth-order valence-corrected chi connectivity index (χ4v) is 5.40. The third kappa shape index (κ3) is 1.86. The van der Waals surface area contributed by atoms with Crippen LogP contribution in [0.5, 0.6) is 0 Å². The zero-order valence-corrected chi connectivity index (χ0v) is 12.6. The highest BCUT2D eigenvalue weighted by molar-refractivity contribution is 5.62. The summed E-state index contributed by atoms with van der Waals surface area (Å²) >= 11 is 0. The van der Waals surface area contributed by atoms with Gasteiger partial charge in [-0.2, -0.15) is 0 Å². The molecule has 6 rings (SSSR count). The first-order valence-corrected chi connectivity index (χ1v) is 8.52. The van der Waals surface area contributed by atoms with Gasteiger partial charge in [-0.3, -0.25) is 4.98 Å². The van der Waals surface area contributed by atoms with Gasteiger partial charge in [0.15, 0.2) is 0 Å². The van der Waals surface area contributed by atoms with Crippen molar-refractivity contribution in [1.29, 1.82) is 0 Å². The fourth-order valence-electron chi connectivity index (χ4n) is 5.40. The number of pyridine rings is 1. The summed E-state index contributed by atoms with van der Waals surface area (Å²) in [6.45, 7) is 0. The number of rotatable bonds is 1. The molecule has 2 heteroatoms. The Bertz CT molecular complexity index is 724. The molecule has 0 N–H and O–H groups in total. The second-order valence-corrected chi connectivity index (χ2v) is 7.48. The van der Waals surface area contributed by atoms with Gasteiger partial charge in [-0.15, -0.1) is 0 Å². The Morgan fingerprint density at radius 3 is 2.32 bits per heavy atom. The molecule has 2 atom stereocenters. The van der Waals surface area contributed by atoms with E-state index < -0.39 is 0 Å². The van der Waals surface area contributed by atoms with Crippen molar-refractivity contribution in [1.82, 2.24) is 4.98 Å². The Morgan fingerprint density at radius 2 is 1.59 bits per heavy atom. The van der Waals surface area contributed by atoms with Gasteiger partial charge in [-0.25, -0.2) is 4.39 Å². The summed E-state index contributed by atoms with van der Waals surface area (Å²) in [5.74, 6) is 3.06. The molecule has 4 aliphatic rings. The predicted octanol–water partition coefficient (Wildman–Crippen LogP) is 5.28. The second-order valence-electron chi connectivity index (χ2n) is 7.48. The van der Waals surface area contributed by atoms with Crippen LogP contribution < -0.4 is 0 Å². The lowest BCUT2D eigenvalue weighted by Gasteiger charge is -2.38. The summed E-state index contributed by atoms with van der Waals surface area (Å²) in [6, 6.07) is 9.75. The zero-order chi connectivity index (χ0) is 14.7. The van der Waals surface area contributed by atoms with Crippen molar-refractivity contribution in [3.8, 4) is 11.3 Å². The summed E-state index contributed by atoms with van der Waals surface area (Å²) in [5, 5.41) is 0. The van der Waals surface area contributed by atoms with Crippen LogP contribution in [0, 0.1) is 17.7 Å². The number of nitrogens with zero attached hydrogens (tertiary/aromatic N) is 1. The minimum absolute atomic E-state index is 0.220. The highest BCUT2D eigenvalue weighted by Crippen LogP contribution is 2.56. The number of hydrogen-bond acceptors (Lipinski definition) is 1. The summed E-state index contributed by atoms with van der Waals surface area (Å²) in [7, 11) is 0. The van der Waals surface area contributed by atoms with E-state index >= 15 is 0 Å². The summed E-state index contributed by atoms with van der Waals surface area (Å²) in [6.07, 6.45) is 8.55. The van der Waals surface area contributed by atoms with Crippen molar-refractivity contribution < 1.29 is 4.39 Å². The molecule has 1 nitrogen and oxygen atoms in total. The van der Waals surface area contributed by atoms with E-state index in [2.05, 4.69) is 23.2 Å². The van der Waals surface area contributed by atoms with Crippen LogP contribution in [-0.4, -0.2) is 4.98 Å². The molecule has 22 heavy (non-hydrogen) atoms. The van der Waals surface area contributed by atoms with E-state index in [-0.39, 0.29) is 5.82 Å². The Hall–Kier alpha value is -1.70. The van der Waals surface area contributed by atoms with E-state index in [1.54, 1.807) is 17.8 Å². The molecule has 2 unspecified atom stereocenters. The van der Waals surface area contributed by atoms with E-state index in [0.717, 1.165) is 23.3 Å². The quantitative estimate of drug-likeness (QED) is 0.697. The molecule has 4 bridgehead atoms. The number of hydrogen-bond donors (Lipinski definition) is 0. The third-order valence-electron chi connectivity index (χ3n) is 6.14. The van der Waals surface area contributed by atoms with Crippen LogP contribution in [0.2, 0.25) is 0 Å². The van der Waals surface area contributed by atoms with Crippen molar-refractivity contribution in [3.05, 3.63) is 53.5 Å². The van der Waals surface area contributed by atoms with Crippen LogP contribution in [0.3, 0.4) is 0 Å². The van der Waals surface area contributed by atoms with Crippen LogP contribution in [-0.2, 0) is 0 Å².